The van der Waals surface area contributed by atoms with E-state index in [-0.39, 0.29) is 18.1 Å². The van der Waals surface area contributed by atoms with Crippen LogP contribution in [0.15, 0.2) is 77.7 Å². The van der Waals surface area contributed by atoms with Crippen LogP contribution >= 0.6 is 23.4 Å². The molecule has 3 aromatic rings. The highest BCUT2D eigenvalue weighted by atomic mass is 35.5. The number of anilines is 1. The van der Waals surface area contributed by atoms with Crippen molar-refractivity contribution < 1.29 is 14.3 Å². The number of ether oxygens (including phenoxy) is 1. The number of thioether (sulfide) groups is 1. The number of Topliss-reactive ketones (excluding diaryl/α,β-unsaturated/α-hetero) is 1. The molecule has 0 spiro atoms. The number of ketones is 1. The van der Waals surface area contributed by atoms with Gasteiger partial charge in [0.15, 0.2) is 5.78 Å². The molecular formula is C23H20ClNO3S. The van der Waals surface area contributed by atoms with Gasteiger partial charge in [-0.05, 0) is 66.2 Å². The fraction of sp³-hybridized carbons (Fsp3) is 0.130. The van der Waals surface area contributed by atoms with Crippen molar-refractivity contribution in [1.29, 1.82) is 0 Å². The number of halogens is 1. The average Bonchev–Trinajstić information content (AvgIpc) is 2.74. The fourth-order valence-electron chi connectivity index (χ4n) is 2.64. The summed E-state index contributed by atoms with van der Waals surface area (Å²) in [4.78, 5) is 25.4. The standard InChI is InChI=1S/C23H20ClNO3S/c1-28-20-10-4-17(5-11-20)22(26)15-29-21-12-8-19(9-13-21)25-23(27)14-16-2-6-18(24)7-3-16/h2-13H,14-15H2,1H3,(H,25,27). The van der Waals surface area contributed by atoms with E-state index in [9.17, 15) is 9.59 Å². The van der Waals surface area contributed by atoms with Crippen LogP contribution in [0.1, 0.15) is 15.9 Å². The third kappa shape index (κ3) is 6.38. The highest BCUT2D eigenvalue weighted by molar-refractivity contribution is 8.00. The molecule has 6 heteroatoms. The molecule has 0 aliphatic heterocycles. The normalized spacial score (nSPS) is 10.4. The molecule has 0 aliphatic carbocycles. The Hall–Kier alpha value is -2.76. The summed E-state index contributed by atoms with van der Waals surface area (Å²) in [6, 6.07) is 21.7. The molecule has 0 atom stereocenters. The van der Waals surface area contributed by atoms with Crippen molar-refractivity contribution in [3.63, 3.8) is 0 Å². The Morgan fingerprint density at radius 2 is 1.59 bits per heavy atom. The molecule has 148 valence electrons. The van der Waals surface area contributed by atoms with Crippen LogP contribution in [0.25, 0.3) is 0 Å². The zero-order valence-electron chi connectivity index (χ0n) is 15.9. The van der Waals surface area contributed by atoms with E-state index >= 15 is 0 Å². The van der Waals surface area contributed by atoms with Crippen molar-refractivity contribution >= 4 is 40.7 Å². The summed E-state index contributed by atoms with van der Waals surface area (Å²) in [7, 11) is 1.59. The number of methoxy groups -OCH3 is 1. The second-order valence-electron chi connectivity index (χ2n) is 6.32. The second-order valence-corrected chi connectivity index (χ2v) is 7.80. The summed E-state index contributed by atoms with van der Waals surface area (Å²) < 4.78 is 5.10. The van der Waals surface area contributed by atoms with Crippen molar-refractivity contribution in [2.75, 3.05) is 18.2 Å². The second kappa shape index (κ2) is 10.1. The van der Waals surface area contributed by atoms with Crippen molar-refractivity contribution in [3.05, 3.63) is 88.9 Å². The molecule has 0 saturated carbocycles. The van der Waals surface area contributed by atoms with Gasteiger partial charge in [-0.15, -0.1) is 11.8 Å². The maximum absolute atomic E-state index is 12.3. The summed E-state index contributed by atoms with van der Waals surface area (Å²) in [6.07, 6.45) is 0.282. The van der Waals surface area contributed by atoms with E-state index in [2.05, 4.69) is 5.32 Å². The van der Waals surface area contributed by atoms with E-state index in [1.165, 1.54) is 11.8 Å². The lowest BCUT2D eigenvalue weighted by Gasteiger charge is -2.07. The summed E-state index contributed by atoms with van der Waals surface area (Å²) >= 11 is 7.32. The quantitative estimate of drug-likeness (QED) is 0.382. The lowest BCUT2D eigenvalue weighted by atomic mass is 10.1. The van der Waals surface area contributed by atoms with E-state index < -0.39 is 0 Å². The first-order valence-corrected chi connectivity index (χ1v) is 10.3. The van der Waals surface area contributed by atoms with Crippen LogP contribution < -0.4 is 10.1 Å². The largest absolute Gasteiger partial charge is 0.497 e. The number of benzene rings is 3. The number of rotatable bonds is 8. The van der Waals surface area contributed by atoms with Gasteiger partial charge >= 0.3 is 0 Å². The van der Waals surface area contributed by atoms with Crippen molar-refractivity contribution in [2.45, 2.75) is 11.3 Å². The van der Waals surface area contributed by atoms with Gasteiger partial charge in [0.2, 0.25) is 5.91 Å². The van der Waals surface area contributed by atoms with Gasteiger partial charge in [0.1, 0.15) is 5.75 Å². The SMILES string of the molecule is COc1ccc(C(=O)CSc2ccc(NC(=O)Cc3ccc(Cl)cc3)cc2)cc1. The van der Waals surface area contributed by atoms with Gasteiger partial charge in [-0.3, -0.25) is 9.59 Å². The van der Waals surface area contributed by atoms with Crippen LogP contribution in [0.3, 0.4) is 0 Å². The maximum atomic E-state index is 12.3. The van der Waals surface area contributed by atoms with Crippen molar-refractivity contribution in [1.82, 2.24) is 0 Å². The zero-order valence-corrected chi connectivity index (χ0v) is 17.4. The smallest absolute Gasteiger partial charge is 0.228 e. The molecule has 0 saturated heterocycles. The third-order valence-electron chi connectivity index (χ3n) is 4.20. The Morgan fingerprint density at radius 3 is 2.21 bits per heavy atom. The Balaban J connectivity index is 1.49. The fourth-order valence-corrected chi connectivity index (χ4v) is 3.56. The topological polar surface area (TPSA) is 55.4 Å². The van der Waals surface area contributed by atoms with Gasteiger partial charge in [0, 0.05) is 21.2 Å². The molecule has 4 nitrogen and oxygen atoms in total. The van der Waals surface area contributed by atoms with Gasteiger partial charge in [-0.25, -0.2) is 0 Å². The lowest BCUT2D eigenvalue weighted by Crippen LogP contribution is -2.14. The highest BCUT2D eigenvalue weighted by Crippen LogP contribution is 2.22. The van der Waals surface area contributed by atoms with Crippen LogP contribution in [-0.2, 0) is 11.2 Å². The predicted molar refractivity (Wildman–Crippen MR) is 118 cm³/mol. The predicted octanol–water partition coefficient (Wildman–Crippen LogP) is 5.50. The molecule has 0 unspecified atom stereocenters. The number of nitrogens with one attached hydrogen (secondary N) is 1. The summed E-state index contributed by atoms with van der Waals surface area (Å²) in [6.45, 7) is 0. The first-order chi connectivity index (χ1) is 14.0. The minimum atomic E-state index is -0.0950. The molecule has 1 amide bonds. The van der Waals surface area contributed by atoms with Crippen LogP contribution in [0.2, 0.25) is 5.02 Å². The van der Waals surface area contributed by atoms with Gasteiger partial charge in [-0.1, -0.05) is 23.7 Å². The Kier molecular flexibility index (Phi) is 7.33. The molecule has 0 radical (unpaired) electrons. The molecular weight excluding hydrogens is 406 g/mol. The van der Waals surface area contributed by atoms with Crippen molar-refractivity contribution in [3.8, 4) is 5.75 Å². The van der Waals surface area contributed by atoms with E-state index in [4.69, 9.17) is 16.3 Å². The Bertz CT molecular complexity index is 971. The summed E-state index contributed by atoms with van der Waals surface area (Å²) in [5.74, 6) is 1.03. The Morgan fingerprint density at radius 1 is 0.931 bits per heavy atom. The first kappa shape index (κ1) is 21.0. The number of hydrogen-bond donors (Lipinski definition) is 1. The summed E-state index contributed by atoms with van der Waals surface area (Å²) in [5, 5.41) is 3.52. The van der Waals surface area contributed by atoms with Gasteiger partial charge in [0.05, 0.1) is 19.3 Å². The lowest BCUT2D eigenvalue weighted by molar-refractivity contribution is -0.115. The molecule has 0 aliphatic rings. The first-order valence-electron chi connectivity index (χ1n) is 8.98. The summed E-state index contributed by atoms with van der Waals surface area (Å²) in [5.41, 5.74) is 2.27. The molecule has 3 rings (SSSR count). The molecule has 0 heterocycles. The van der Waals surface area contributed by atoms with Gasteiger partial charge in [-0.2, -0.15) is 0 Å². The average molecular weight is 426 g/mol. The number of carbonyl (C=O) groups is 2. The van der Waals surface area contributed by atoms with Crippen LogP contribution in [-0.4, -0.2) is 24.6 Å². The zero-order chi connectivity index (χ0) is 20.6. The van der Waals surface area contributed by atoms with E-state index in [0.717, 1.165) is 21.9 Å². The molecule has 1 N–H and O–H groups in total. The van der Waals surface area contributed by atoms with E-state index in [1.807, 2.05) is 36.4 Å². The third-order valence-corrected chi connectivity index (χ3v) is 5.46. The molecule has 3 aromatic carbocycles. The van der Waals surface area contributed by atoms with Crippen molar-refractivity contribution in [2.24, 2.45) is 0 Å². The maximum Gasteiger partial charge on any atom is 0.228 e. The minimum absolute atomic E-state index is 0.0537. The molecule has 0 fully saturated rings. The molecule has 0 bridgehead atoms. The van der Waals surface area contributed by atoms with Gasteiger partial charge in [0.25, 0.3) is 0 Å². The number of carbonyl (C=O) groups excluding carboxylic acids is 2. The highest BCUT2D eigenvalue weighted by Gasteiger charge is 2.08. The monoisotopic (exact) mass is 425 g/mol. The van der Waals surface area contributed by atoms with Crippen LogP contribution in [0, 0.1) is 0 Å². The van der Waals surface area contributed by atoms with Crippen LogP contribution in [0.5, 0.6) is 5.75 Å². The number of amides is 1. The van der Waals surface area contributed by atoms with E-state index in [1.54, 1.807) is 43.5 Å². The molecule has 29 heavy (non-hydrogen) atoms. The van der Waals surface area contributed by atoms with E-state index in [0.29, 0.717) is 16.3 Å². The Labute approximate surface area is 179 Å². The van der Waals surface area contributed by atoms with Gasteiger partial charge < -0.3 is 10.1 Å². The van der Waals surface area contributed by atoms with Crippen LogP contribution in [0.4, 0.5) is 5.69 Å². The minimum Gasteiger partial charge on any atom is -0.497 e. The number of hydrogen-bond acceptors (Lipinski definition) is 4. The molecule has 0 aromatic heterocycles.